The first kappa shape index (κ1) is 14.4. The molecule has 0 aromatic rings. The summed E-state index contributed by atoms with van der Waals surface area (Å²) in [7, 11) is 1.85. The van der Waals surface area contributed by atoms with Crippen molar-refractivity contribution < 1.29 is 4.79 Å². The van der Waals surface area contributed by atoms with Crippen molar-refractivity contribution in [2.45, 2.75) is 47.1 Å². The molecule has 0 aliphatic heterocycles. The molecule has 1 atom stereocenters. The first-order valence-electron chi connectivity index (χ1n) is 5.63. The van der Waals surface area contributed by atoms with Gasteiger partial charge in [-0.25, -0.2) is 0 Å². The molecule has 0 saturated carbocycles. The summed E-state index contributed by atoms with van der Waals surface area (Å²) in [4.78, 5) is 13.6. The third-order valence-electron chi connectivity index (χ3n) is 2.40. The van der Waals surface area contributed by atoms with Gasteiger partial charge >= 0.3 is 0 Å². The fourth-order valence-electron chi connectivity index (χ4n) is 1.39. The van der Waals surface area contributed by atoms with E-state index in [9.17, 15) is 4.79 Å². The van der Waals surface area contributed by atoms with Gasteiger partial charge in [0.05, 0.1) is 0 Å². The number of hydrogen-bond acceptors (Lipinski definition) is 2. The van der Waals surface area contributed by atoms with Crippen LogP contribution >= 0.6 is 0 Å². The fourth-order valence-corrected chi connectivity index (χ4v) is 1.39. The molecule has 90 valence electrons. The third kappa shape index (κ3) is 6.50. The highest BCUT2D eigenvalue weighted by Gasteiger charge is 2.20. The van der Waals surface area contributed by atoms with E-state index in [1.807, 2.05) is 20.9 Å². The van der Waals surface area contributed by atoms with Crippen molar-refractivity contribution in [2.24, 2.45) is 17.1 Å². The van der Waals surface area contributed by atoms with E-state index >= 15 is 0 Å². The SMILES string of the molecule is CC(C)C(N)CC(=O)N(C)CC(C)(C)C. The van der Waals surface area contributed by atoms with Crippen molar-refractivity contribution in [1.82, 2.24) is 4.90 Å². The Hall–Kier alpha value is -0.570. The van der Waals surface area contributed by atoms with E-state index in [-0.39, 0.29) is 17.4 Å². The third-order valence-corrected chi connectivity index (χ3v) is 2.40. The largest absolute Gasteiger partial charge is 0.345 e. The van der Waals surface area contributed by atoms with Crippen LogP contribution in [0.5, 0.6) is 0 Å². The van der Waals surface area contributed by atoms with Gasteiger partial charge in [-0.3, -0.25) is 4.79 Å². The molecule has 0 aliphatic rings. The quantitative estimate of drug-likeness (QED) is 0.776. The Kier molecular flexibility index (Phi) is 5.29. The minimum Gasteiger partial charge on any atom is -0.345 e. The molecule has 0 rings (SSSR count). The lowest BCUT2D eigenvalue weighted by atomic mass is 9.95. The summed E-state index contributed by atoms with van der Waals surface area (Å²) in [5.41, 5.74) is 6.02. The van der Waals surface area contributed by atoms with E-state index < -0.39 is 0 Å². The van der Waals surface area contributed by atoms with Gasteiger partial charge in [-0.2, -0.15) is 0 Å². The van der Waals surface area contributed by atoms with Crippen LogP contribution in [-0.2, 0) is 4.79 Å². The molecule has 0 saturated heterocycles. The monoisotopic (exact) mass is 214 g/mol. The van der Waals surface area contributed by atoms with Crippen LogP contribution in [0.1, 0.15) is 41.0 Å². The lowest BCUT2D eigenvalue weighted by Gasteiger charge is -2.28. The fraction of sp³-hybridized carbons (Fsp3) is 0.917. The Bertz CT molecular complexity index is 206. The highest BCUT2D eigenvalue weighted by atomic mass is 16.2. The van der Waals surface area contributed by atoms with Crippen LogP contribution in [0.3, 0.4) is 0 Å². The van der Waals surface area contributed by atoms with E-state index in [1.54, 1.807) is 4.90 Å². The van der Waals surface area contributed by atoms with E-state index in [0.717, 1.165) is 6.54 Å². The molecule has 0 heterocycles. The normalized spacial score (nSPS) is 14.1. The molecule has 0 aromatic carbocycles. The lowest BCUT2D eigenvalue weighted by Crippen LogP contribution is -2.39. The summed E-state index contributed by atoms with van der Waals surface area (Å²) in [5.74, 6) is 0.503. The van der Waals surface area contributed by atoms with Gasteiger partial charge in [0.1, 0.15) is 0 Å². The molecule has 0 radical (unpaired) electrons. The Morgan fingerprint density at radius 3 is 2.13 bits per heavy atom. The van der Waals surface area contributed by atoms with Gasteiger partial charge in [-0.15, -0.1) is 0 Å². The van der Waals surface area contributed by atoms with E-state index in [2.05, 4.69) is 20.8 Å². The van der Waals surface area contributed by atoms with Crippen molar-refractivity contribution in [2.75, 3.05) is 13.6 Å². The number of nitrogens with two attached hydrogens (primary N) is 1. The Labute approximate surface area is 94.0 Å². The predicted octanol–water partition coefficient (Wildman–Crippen LogP) is 1.86. The Morgan fingerprint density at radius 2 is 1.80 bits per heavy atom. The first-order chi connectivity index (χ1) is 6.63. The van der Waals surface area contributed by atoms with Gasteiger partial charge in [0, 0.05) is 26.1 Å². The van der Waals surface area contributed by atoms with Crippen LogP contribution in [0.2, 0.25) is 0 Å². The smallest absolute Gasteiger partial charge is 0.223 e. The highest BCUT2D eigenvalue weighted by Crippen LogP contribution is 2.15. The van der Waals surface area contributed by atoms with Crippen LogP contribution < -0.4 is 5.73 Å². The predicted molar refractivity (Wildman–Crippen MR) is 64.5 cm³/mol. The summed E-state index contributed by atoms with van der Waals surface area (Å²) in [6.45, 7) is 11.2. The molecule has 0 fully saturated rings. The summed E-state index contributed by atoms with van der Waals surface area (Å²) in [6, 6.07) is -0.0279. The zero-order valence-corrected chi connectivity index (χ0v) is 11.0. The summed E-state index contributed by atoms with van der Waals surface area (Å²) in [6.07, 6.45) is 0.449. The van der Waals surface area contributed by atoms with Crippen LogP contribution in [-0.4, -0.2) is 30.4 Å². The molecule has 1 amide bonds. The molecule has 3 nitrogen and oxygen atoms in total. The average Bonchev–Trinajstić information content (AvgIpc) is 2.00. The molecule has 2 N–H and O–H groups in total. The summed E-state index contributed by atoms with van der Waals surface area (Å²) >= 11 is 0. The van der Waals surface area contributed by atoms with Gasteiger partial charge in [0.25, 0.3) is 0 Å². The topological polar surface area (TPSA) is 46.3 Å². The molecule has 0 spiro atoms. The van der Waals surface area contributed by atoms with Gasteiger partial charge in [0.2, 0.25) is 5.91 Å². The molecule has 0 aliphatic carbocycles. The second-order valence-electron chi connectivity index (χ2n) is 5.92. The maximum absolute atomic E-state index is 11.8. The van der Waals surface area contributed by atoms with Crippen molar-refractivity contribution in [3.05, 3.63) is 0 Å². The van der Waals surface area contributed by atoms with E-state index in [4.69, 9.17) is 5.73 Å². The van der Waals surface area contributed by atoms with Crippen molar-refractivity contribution in [1.29, 1.82) is 0 Å². The van der Waals surface area contributed by atoms with Crippen molar-refractivity contribution in [3.63, 3.8) is 0 Å². The molecule has 1 unspecified atom stereocenters. The molecular weight excluding hydrogens is 188 g/mol. The lowest BCUT2D eigenvalue weighted by molar-refractivity contribution is -0.131. The van der Waals surface area contributed by atoms with Gasteiger partial charge in [-0.05, 0) is 11.3 Å². The zero-order valence-electron chi connectivity index (χ0n) is 11.0. The van der Waals surface area contributed by atoms with Crippen molar-refractivity contribution in [3.8, 4) is 0 Å². The molecule has 15 heavy (non-hydrogen) atoms. The second-order valence-corrected chi connectivity index (χ2v) is 5.92. The van der Waals surface area contributed by atoms with Crippen LogP contribution in [0.15, 0.2) is 0 Å². The second kappa shape index (κ2) is 5.50. The van der Waals surface area contributed by atoms with Crippen LogP contribution in [0, 0.1) is 11.3 Å². The van der Waals surface area contributed by atoms with Gasteiger partial charge < -0.3 is 10.6 Å². The Balaban J connectivity index is 4.11. The minimum atomic E-state index is -0.0279. The number of hydrogen-bond donors (Lipinski definition) is 1. The van der Waals surface area contributed by atoms with Crippen molar-refractivity contribution >= 4 is 5.91 Å². The van der Waals surface area contributed by atoms with Gasteiger partial charge in [0.15, 0.2) is 0 Å². The summed E-state index contributed by atoms with van der Waals surface area (Å²) < 4.78 is 0. The minimum absolute atomic E-state index is 0.0279. The number of rotatable bonds is 4. The molecule has 3 heteroatoms. The first-order valence-corrected chi connectivity index (χ1v) is 5.63. The van der Waals surface area contributed by atoms with Crippen LogP contribution in [0.25, 0.3) is 0 Å². The number of carbonyl (C=O) groups excluding carboxylic acids is 1. The number of nitrogens with zero attached hydrogens (tertiary/aromatic N) is 1. The zero-order chi connectivity index (χ0) is 12.2. The maximum Gasteiger partial charge on any atom is 0.223 e. The Morgan fingerprint density at radius 1 is 1.33 bits per heavy atom. The highest BCUT2D eigenvalue weighted by molar-refractivity contribution is 5.76. The molecule has 0 bridgehead atoms. The number of amides is 1. The number of carbonyl (C=O) groups is 1. The molecule has 0 aromatic heterocycles. The maximum atomic E-state index is 11.8. The standard InChI is InChI=1S/C12H26N2O/c1-9(2)10(13)7-11(15)14(6)8-12(3,4)5/h9-10H,7-8,13H2,1-6H3. The van der Waals surface area contributed by atoms with E-state index in [0.29, 0.717) is 12.3 Å². The van der Waals surface area contributed by atoms with E-state index in [1.165, 1.54) is 0 Å². The van der Waals surface area contributed by atoms with Gasteiger partial charge in [-0.1, -0.05) is 34.6 Å². The average molecular weight is 214 g/mol. The summed E-state index contributed by atoms with van der Waals surface area (Å²) in [5, 5.41) is 0. The molecular formula is C12H26N2O. The van der Waals surface area contributed by atoms with Crippen LogP contribution in [0.4, 0.5) is 0 Å².